The van der Waals surface area contributed by atoms with Gasteiger partial charge in [0, 0.05) is 13.1 Å². The Balaban J connectivity index is 2.43. The fourth-order valence-corrected chi connectivity index (χ4v) is 1.94. The number of nitrogens with one attached hydrogen (secondary N) is 1. The maximum atomic E-state index is 10.6. The van der Waals surface area contributed by atoms with E-state index < -0.39 is 12.0 Å². The molecule has 0 radical (unpaired) electrons. The lowest BCUT2D eigenvalue weighted by molar-refractivity contribution is -0.139. The minimum atomic E-state index is -0.963. The Labute approximate surface area is 88.7 Å². The second-order valence-electron chi connectivity index (χ2n) is 4.02. The van der Waals surface area contributed by atoms with Gasteiger partial charge < -0.3 is 21.5 Å². The molecule has 1 aliphatic rings. The van der Waals surface area contributed by atoms with E-state index >= 15 is 0 Å². The number of hydrogen-bond donors (Lipinski definition) is 4. The highest BCUT2D eigenvalue weighted by Gasteiger charge is 2.24. The second kappa shape index (κ2) is 4.97. The van der Waals surface area contributed by atoms with E-state index in [1.807, 2.05) is 0 Å². The van der Waals surface area contributed by atoms with Crippen LogP contribution in [0.25, 0.3) is 0 Å². The maximum Gasteiger partial charge on any atom is 0.320 e. The molecular formula is C9H18N4O2. The van der Waals surface area contributed by atoms with Crippen LogP contribution in [0, 0.1) is 11.3 Å². The molecule has 0 spiro atoms. The normalized spacial score (nSPS) is 23.5. The number of nitrogens with zero attached hydrogens (tertiary/aromatic N) is 1. The van der Waals surface area contributed by atoms with Crippen LogP contribution in [-0.2, 0) is 4.79 Å². The molecule has 0 amide bonds. The van der Waals surface area contributed by atoms with Crippen molar-refractivity contribution >= 4 is 11.9 Å². The molecule has 0 aromatic rings. The third-order valence-corrected chi connectivity index (χ3v) is 2.76. The maximum absolute atomic E-state index is 10.6. The molecule has 0 unspecified atom stereocenters. The average molecular weight is 214 g/mol. The van der Waals surface area contributed by atoms with Crippen LogP contribution < -0.4 is 11.5 Å². The molecule has 2 atom stereocenters. The molecule has 0 aliphatic carbocycles. The van der Waals surface area contributed by atoms with Gasteiger partial charge in [-0.1, -0.05) is 0 Å². The highest BCUT2D eigenvalue weighted by Crippen LogP contribution is 2.20. The van der Waals surface area contributed by atoms with Gasteiger partial charge in [0.1, 0.15) is 6.04 Å². The number of nitrogens with two attached hydrogens (primary N) is 2. The summed E-state index contributed by atoms with van der Waals surface area (Å²) in [4.78, 5) is 12.3. The van der Waals surface area contributed by atoms with Gasteiger partial charge in [-0.2, -0.15) is 0 Å². The summed E-state index contributed by atoms with van der Waals surface area (Å²) in [5.74, 6) is -0.674. The van der Waals surface area contributed by atoms with Gasteiger partial charge >= 0.3 is 5.97 Å². The predicted molar refractivity (Wildman–Crippen MR) is 56.4 cm³/mol. The lowest BCUT2D eigenvalue weighted by Gasteiger charge is -2.33. The molecule has 1 saturated heterocycles. The van der Waals surface area contributed by atoms with Crippen molar-refractivity contribution in [2.75, 3.05) is 13.1 Å². The van der Waals surface area contributed by atoms with Crippen molar-refractivity contribution in [3.05, 3.63) is 0 Å². The molecule has 15 heavy (non-hydrogen) atoms. The fourth-order valence-electron chi connectivity index (χ4n) is 1.94. The van der Waals surface area contributed by atoms with Crippen LogP contribution in [0.3, 0.4) is 0 Å². The van der Waals surface area contributed by atoms with E-state index in [-0.39, 0.29) is 11.9 Å². The molecule has 0 saturated carbocycles. The minimum absolute atomic E-state index is 0.0589. The Hall–Kier alpha value is -1.30. The highest BCUT2D eigenvalue weighted by molar-refractivity contribution is 5.75. The molecule has 1 heterocycles. The summed E-state index contributed by atoms with van der Waals surface area (Å²) in [5, 5.41) is 16.0. The van der Waals surface area contributed by atoms with Crippen molar-refractivity contribution in [1.82, 2.24) is 4.90 Å². The lowest BCUT2D eigenvalue weighted by Crippen LogP contribution is -2.45. The van der Waals surface area contributed by atoms with Crippen LogP contribution in [0.15, 0.2) is 0 Å². The Morgan fingerprint density at radius 3 is 2.87 bits per heavy atom. The summed E-state index contributed by atoms with van der Waals surface area (Å²) in [6.07, 6.45) is 2.36. The van der Waals surface area contributed by atoms with Crippen molar-refractivity contribution < 1.29 is 9.90 Å². The van der Waals surface area contributed by atoms with Crippen molar-refractivity contribution in [3.63, 3.8) is 0 Å². The number of guanidine groups is 1. The van der Waals surface area contributed by atoms with Crippen molar-refractivity contribution in [2.24, 2.45) is 17.4 Å². The van der Waals surface area contributed by atoms with Crippen LogP contribution in [0.4, 0.5) is 0 Å². The summed E-state index contributed by atoms with van der Waals surface area (Å²) >= 11 is 0. The standard InChI is InChI=1S/C9H18N4O2/c10-7(8(14)15)4-6-2-1-3-13(5-6)9(11)12/h6-7H,1-5,10H2,(H3,11,12)(H,14,15)/t6-,7+/m1/s1. The first-order valence-corrected chi connectivity index (χ1v) is 5.08. The zero-order valence-electron chi connectivity index (χ0n) is 8.65. The topological polar surface area (TPSA) is 116 Å². The van der Waals surface area contributed by atoms with Gasteiger partial charge in [-0.05, 0) is 25.2 Å². The molecule has 0 aromatic carbocycles. The average Bonchev–Trinajstić information content (AvgIpc) is 2.18. The van der Waals surface area contributed by atoms with E-state index in [0.717, 1.165) is 19.4 Å². The summed E-state index contributed by atoms with van der Waals surface area (Å²) < 4.78 is 0. The van der Waals surface area contributed by atoms with Crippen molar-refractivity contribution in [2.45, 2.75) is 25.3 Å². The van der Waals surface area contributed by atoms with Crippen molar-refractivity contribution in [3.8, 4) is 0 Å². The first-order chi connectivity index (χ1) is 7.00. The van der Waals surface area contributed by atoms with E-state index in [1.165, 1.54) is 0 Å². The van der Waals surface area contributed by atoms with Crippen LogP contribution in [-0.4, -0.2) is 41.1 Å². The number of carboxylic acid groups (broad SMARTS) is 1. The van der Waals surface area contributed by atoms with E-state index in [1.54, 1.807) is 4.90 Å². The molecule has 86 valence electrons. The molecule has 0 bridgehead atoms. The van der Waals surface area contributed by atoms with Gasteiger partial charge in [0.25, 0.3) is 0 Å². The van der Waals surface area contributed by atoms with E-state index in [4.69, 9.17) is 22.0 Å². The third-order valence-electron chi connectivity index (χ3n) is 2.76. The first-order valence-electron chi connectivity index (χ1n) is 5.08. The smallest absolute Gasteiger partial charge is 0.320 e. The van der Waals surface area contributed by atoms with Gasteiger partial charge in [0.05, 0.1) is 0 Å². The number of aliphatic carboxylic acids is 1. The molecule has 6 N–H and O–H groups in total. The number of carboxylic acids is 1. The van der Waals surface area contributed by atoms with Crippen LogP contribution in [0.1, 0.15) is 19.3 Å². The zero-order chi connectivity index (χ0) is 11.4. The monoisotopic (exact) mass is 214 g/mol. The SMILES string of the molecule is N=C(N)N1CCC[C@H](C[C@H](N)C(=O)O)C1. The Bertz CT molecular complexity index is 254. The quantitative estimate of drug-likeness (QED) is 0.369. The van der Waals surface area contributed by atoms with E-state index in [2.05, 4.69) is 0 Å². The zero-order valence-corrected chi connectivity index (χ0v) is 8.65. The predicted octanol–water partition coefficient (Wildman–Crippen LogP) is -0.606. The van der Waals surface area contributed by atoms with E-state index in [0.29, 0.717) is 13.0 Å². The number of piperidine rings is 1. The van der Waals surface area contributed by atoms with Crippen molar-refractivity contribution in [1.29, 1.82) is 5.41 Å². The van der Waals surface area contributed by atoms with Gasteiger partial charge in [-0.15, -0.1) is 0 Å². The number of rotatable bonds is 3. The van der Waals surface area contributed by atoms with Gasteiger partial charge in [-0.3, -0.25) is 10.2 Å². The van der Waals surface area contributed by atoms with Gasteiger partial charge in [0.15, 0.2) is 5.96 Å². The molecule has 6 heteroatoms. The summed E-state index contributed by atoms with van der Waals surface area (Å²) in [7, 11) is 0. The van der Waals surface area contributed by atoms with Gasteiger partial charge in [0.2, 0.25) is 0 Å². The Morgan fingerprint density at radius 2 is 2.33 bits per heavy atom. The summed E-state index contributed by atoms with van der Waals surface area (Å²) in [5.41, 5.74) is 10.8. The Kier molecular flexibility index (Phi) is 3.90. The largest absolute Gasteiger partial charge is 0.480 e. The Morgan fingerprint density at radius 1 is 1.67 bits per heavy atom. The fraction of sp³-hybridized carbons (Fsp3) is 0.778. The summed E-state index contributed by atoms with van der Waals surface area (Å²) in [6.45, 7) is 1.43. The third kappa shape index (κ3) is 3.39. The molecular weight excluding hydrogens is 196 g/mol. The molecule has 1 fully saturated rings. The minimum Gasteiger partial charge on any atom is -0.480 e. The number of hydrogen-bond acceptors (Lipinski definition) is 3. The first kappa shape index (κ1) is 11.8. The lowest BCUT2D eigenvalue weighted by atomic mass is 9.92. The number of carbonyl (C=O) groups is 1. The molecule has 6 nitrogen and oxygen atoms in total. The molecule has 1 aliphatic heterocycles. The van der Waals surface area contributed by atoms with Gasteiger partial charge in [-0.25, -0.2) is 0 Å². The van der Waals surface area contributed by atoms with Crippen LogP contribution in [0.5, 0.6) is 0 Å². The summed E-state index contributed by atoms with van der Waals surface area (Å²) in [6, 6.07) is -0.804. The van der Waals surface area contributed by atoms with Crippen LogP contribution >= 0.6 is 0 Å². The molecule has 0 aromatic heterocycles. The van der Waals surface area contributed by atoms with Crippen LogP contribution in [0.2, 0.25) is 0 Å². The highest BCUT2D eigenvalue weighted by atomic mass is 16.4. The second-order valence-corrected chi connectivity index (χ2v) is 4.02. The van der Waals surface area contributed by atoms with E-state index in [9.17, 15) is 4.79 Å². The molecule has 1 rings (SSSR count). The number of likely N-dealkylation sites (tertiary alicyclic amines) is 1.